The largest absolute Gasteiger partial charge is 0.282 e. The molecule has 6 heteroatoms. The van der Waals surface area contributed by atoms with Crippen molar-refractivity contribution < 1.29 is 4.39 Å². The van der Waals surface area contributed by atoms with Crippen LogP contribution in [0.1, 0.15) is 22.4 Å². The second-order valence-electron chi connectivity index (χ2n) is 4.02. The summed E-state index contributed by atoms with van der Waals surface area (Å²) in [6.07, 6.45) is 2.95. The highest BCUT2D eigenvalue weighted by Gasteiger charge is 2.08. The van der Waals surface area contributed by atoms with Crippen LogP contribution in [0.5, 0.6) is 0 Å². The molecule has 2 aromatic rings. The van der Waals surface area contributed by atoms with E-state index in [-0.39, 0.29) is 16.1 Å². The molecule has 20 heavy (non-hydrogen) atoms. The van der Waals surface area contributed by atoms with Crippen LogP contribution in [0.2, 0.25) is 5.02 Å². The van der Waals surface area contributed by atoms with Gasteiger partial charge in [-0.3, -0.25) is 4.79 Å². The molecule has 0 radical (unpaired) electrons. The van der Waals surface area contributed by atoms with Crippen molar-refractivity contribution in [3.05, 3.63) is 61.8 Å². The molecule has 2 rings (SSSR count). The Kier molecular flexibility index (Phi) is 3.97. The van der Waals surface area contributed by atoms with E-state index < -0.39 is 11.4 Å². The third kappa shape index (κ3) is 2.60. The van der Waals surface area contributed by atoms with Crippen LogP contribution in [0.3, 0.4) is 0 Å². The quantitative estimate of drug-likeness (QED) is 0.924. The molecule has 1 aromatic carbocycles. The number of nitriles is 1. The average molecular weight is 290 g/mol. The lowest BCUT2D eigenvalue weighted by atomic mass is 10.1. The zero-order chi connectivity index (χ0) is 14.7. The maximum atomic E-state index is 13.6. The van der Waals surface area contributed by atoms with E-state index in [1.54, 1.807) is 13.0 Å². The average Bonchev–Trinajstić information content (AvgIpc) is 2.41. The Morgan fingerprint density at radius 2 is 2.20 bits per heavy atom. The zero-order valence-corrected chi connectivity index (χ0v) is 11.2. The van der Waals surface area contributed by atoms with E-state index in [4.69, 9.17) is 16.9 Å². The molecule has 1 N–H and O–H groups in total. The van der Waals surface area contributed by atoms with Crippen molar-refractivity contribution in [3.8, 4) is 6.07 Å². The minimum absolute atomic E-state index is 0.0146. The molecule has 0 saturated heterocycles. The predicted octanol–water partition coefficient (Wildman–Crippen LogP) is 2.91. The lowest BCUT2D eigenvalue weighted by Crippen LogP contribution is -2.15. The van der Waals surface area contributed by atoms with Gasteiger partial charge in [-0.05, 0) is 36.8 Å². The lowest BCUT2D eigenvalue weighted by Gasteiger charge is -2.02. The smallest absolute Gasteiger partial charge is 0.267 e. The molecule has 0 aliphatic heterocycles. The van der Waals surface area contributed by atoms with E-state index in [1.165, 1.54) is 24.3 Å². The second kappa shape index (κ2) is 5.68. The van der Waals surface area contributed by atoms with E-state index in [2.05, 4.69) is 10.2 Å². The van der Waals surface area contributed by atoms with Crippen LogP contribution in [-0.2, 0) is 0 Å². The predicted molar refractivity (Wildman–Crippen MR) is 74.6 cm³/mol. The highest BCUT2D eigenvalue weighted by molar-refractivity contribution is 6.32. The first-order valence-corrected chi connectivity index (χ1v) is 6.04. The van der Waals surface area contributed by atoms with E-state index >= 15 is 0 Å². The summed E-state index contributed by atoms with van der Waals surface area (Å²) in [7, 11) is 0. The monoisotopic (exact) mass is 289 g/mol. The molecule has 100 valence electrons. The molecule has 0 fully saturated rings. The summed E-state index contributed by atoms with van der Waals surface area (Å²) in [6.45, 7) is 1.60. The molecule has 0 amide bonds. The van der Waals surface area contributed by atoms with Crippen molar-refractivity contribution in [2.45, 2.75) is 6.92 Å². The fourth-order valence-corrected chi connectivity index (χ4v) is 1.90. The second-order valence-corrected chi connectivity index (χ2v) is 4.43. The van der Waals surface area contributed by atoms with Crippen molar-refractivity contribution >= 4 is 23.8 Å². The minimum Gasteiger partial charge on any atom is -0.267 e. The molecular formula is C14H9ClFN3O. The summed E-state index contributed by atoms with van der Waals surface area (Å²) in [5, 5.41) is 15.2. The van der Waals surface area contributed by atoms with Crippen molar-refractivity contribution in [2.75, 3.05) is 0 Å². The maximum absolute atomic E-state index is 13.6. The Labute approximate surface area is 119 Å². The van der Waals surface area contributed by atoms with Gasteiger partial charge in [-0.15, -0.1) is 0 Å². The van der Waals surface area contributed by atoms with Crippen molar-refractivity contribution in [3.63, 3.8) is 0 Å². The number of nitrogens with zero attached hydrogens (tertiary/aromatic N) is 2. The Hall–Kier alpha value is -2.45. The van der Waals surface area contributed by atoms with Crippen LogP contribution in [0, 0.1) is 24.1 Å². The van der Waals surface area contributed by atoms with Crippen molar-refractivity contribution in [1.82, 2.24) is 10.2 Å². The Morgan fingerprint density at radius 3 is 2.85 bits per heavy atom. The number of halogens is 2. The summed E-state index contributed by atoms with van der Waals surface area (Å²) in [6, 6.07) is 6.17. The van der Waals surface area contributed by atoms with Gasteiger partial charge in [0.1, 0.15) is 17.4 Å². The maximum Gasteiger partial charge on any atom is 0.282 e. The molecule has 0 aliphatic carbocycles. The van der Waals surface area contributed by atoms with Crippen molar-refractivity contribution in [2.24, 2.45) is 0 Å². The number of hydrogen-bond donors (Lipinski definition) is 1. The topological polar surface area (TPSA) is 69.5 Å². The van der Waals surface area contributed by atoms with Crippen LogP contribution >= 0.6 is 11.6 Å². The van der Waals surface area contributed by atoms with Crippen LogP contribution in [-0.4, -0.2) is 10.2 Å². The SMILES string of the molecule is Cc1c(/C=C/c2c(F)cccc2Cl)n[nH]c(=O)c1C#N. The molecule has 1 aromatic heterocycles. The molecule has 0 saturated carbocycles. The molecule has 0 aliphatic rings. The summed E-state index contributed by atoms with van der Waals surface area (Å²) in [5.74, 6) is -0.462. The van der Waals surface area contributed by atoms with Gasteiger partial charge in [0.25, 0.3) is 5.56 Å². The van der Waals surface area contributed by atoms with Gasteiger partial charge in [0, 0.05) is 5.56 Å². The summed E-state index contributed by atoms with van der Waals surface area (Å²) in [4.78, 5) is 11.4. The normalized spacial score (nSPS) is 10.7. The van der Waals surface area contributed by atoms with Crippen LogP contribution in [0.15, 0.2) is 23.0 Å². The van der Waals surface area contributed by atoms with E-state index in [0.717, 1.165) is 0 Å². The van der Waals surface area contributed by atoms with Crippen LogP contribution in [0.25, 0.3) is 12.2 Å². The standard InChI is InChI=1S/C14H9ClFN3O/c1-8-10(7-17)14(20)19-18-13(8)6-5-9-11(15)3-2-4-12(9)16/h2-6H,1H3,(H,19,20)/b6-5+. The Morgan fingerprint density at radius 1 is 1.45 bits per heavy atom. The van der Waals surface area contributed by atoms with E-state index in [1.807, 2.05) is 6.07 Å². The van der Waals surface area contributed by atoms with Gasteiger partial charge in [0.2, 0.25) is 0 Å². The molecule has 4 nitrogen and oxygen atoms in total. The number of nitrogens with one attached hydrogen (secondary N) is 1. The van der Waals surface area contributed by atoms with Gasteiger partial charge < -0.3 is 0 Å². The first-order chi connectivity index (χ1) is 9.54. The third-order valence-corrected chi connectivity index (χ3v) is 3.11. The number of benzene rings is 1. The molecule has 1 heterocycles. The minimum atomic E-state index is -0.550. The Bertz CT molecular complexity index is 770. The van der Waals surface area contributed by atoms with Gasteiger partial charge in [-0.2, -0.15) is 10.4 Å². The molecular weight excluding hydrogens is 281 g/mol. The van der Waals surface area contributed by atoms with Crippen molar-refractivity contribution in [1.29, 1.82) is 5.26 Å². The fourth-order valence-electron chi connectivity index (χ4n) is 1.68. The van der Waals surface area contributed by atoms with E-state index in [9.17, 15) is 9.18 Å². The number of rotatable bonds is 2. The number of aromatic nitrogens is 2. The van der Waals surface area contributed by atoms with E-state index in [0.29, 0.717) is 11.3 Å². The zero-order valence-electron chi connectivity index (χ0n) is 10.4. The molecule has 0 bridgehead atoms. The lowest BCUT2D eigenvalue weighted by molar-refractivity contribution is 0.625. The van der Waals surface area contributed by atoms with Gasteiger partial charge >= 0.3 is 0 Å². The van der Waals surface area contributed by atoms with Gasteiger partial charge in [0.15, 0.2) is 0 Å². The highest BCUT2D eigenvalue weighted by Crippen LogP contribution is 2.21. The summed E-state index contributed by atoms with van der Waals surface area (Å²) >= 11 is 5.90. The molecule has 0 spiro atoms. The first kappa shape index (κ1) is 14.0. The Balaban J connectivity index is 2.48. The van der Waals surface area contributed by atoms with Crippen LogP contribution < -0.4 is 5.56 Å². The number of aromatic amines is 1. The summed E-state index contributed by atoms with van der Waals surface area (Å²) in [5.41, 5.74) is 0.464. The highest BCUT2D eigenvalue weighted by atomic mass is 35.5. The third-order valence-electron chi connectivity index (χ3n) is 2.78. The molecule has 0 atom stereocenters. The van der Waals surface area contributed by atoms with Crippen LogP contribution in [0.4, 0.5) is 4.39 Å². The fraction of sp³-hybridized carbons (Fsp3) is 0.0714. The van der Waals surface area contributed by atoms with Gasteiger partial charge in [-0.25, -0.2) is 9.49 Å². The summed E-state index contributed by atoms with van der Waals surface area (Å²) < 4.78 is 13.6. The molecule has 0 unspecified atom stereocenters. The first-order valence-electron chi connectivity index (χ1n) is 5.66. The number of H-pyrrole nitrogens is 1. The van der Waals surface area contributed by atoms with Gasteiger partial charge in [-0.1, -0.05) is 17.7 Å². The number of hydrogen-bond acceptors (Lipinski definition) is 3. The van der Waals surface area contributed by atoms with Gasteiger partial charge in [0.05, 0.1) is 10.7 Å².